The van der Waals surface area contributed by atoms with Crippen molar-refractivity contribution in [1.82, 2.24) is 51.5 Å². The number of amides is 6. The quantitative estimate of drug-likeness (QED) is 0.00820. The Labute approximate surface area is 743 Å². The van der Waals surface area contributed by atoms with Crippen molar-refractivity contribution in [2.24, 2.45) is 22.2 Å². The monoisotopic (exact) mass is 1730 g/mol. The molecule has 124 heavy (non-hydrogen) atoms. The van der Waals surface area contributed by atoms with Gasteiger partial charge >= 0.3 is 0 Å². The molecule has 12 N–H and O–H groups in total. The van der Waals surface area contributed by atoms with Crippen LogP contribution in [-0.4, -0.2) is 189 Å². The summed E-state index contributed by atoms with van der Waals surface area (Å²) in [6, 6.07) is 85.6. The number of fused-ring (bicyclic) bond motifs is 1. The fourth-order valence-corrected chi connectivity index (χ4v) is 16.8. The number of hydrogen-bond acceptors (Lipinski definition) is 13. The minimum atomic E-state index is -0.456. The Balaban J connectivity index is 0.000000170. The molecule has 648 valence electrons. The third-order valence-electron chi connectivity index (χ3n) is 23.2. The topological polar surface area (TPSA) is 287 Å². The van der Waals surface area contributed by atoms with E-state index >= 15 is 0 Å². The van der Waals surface area contributed by atoms with Gasteiger partial charge in [-0.15, -0.1) is 0 Å². The molecule has 0 saturated carbocycles. The van der Waals surface area contributed by atoms with Gasteiger partial charge in [0.05, 0.1) is 34.7 Å². The number of rotatable bonds is 32. The molecule has 1 unspecified atom stereocenters. The lowest BCUT2D eigenvalue weighted by atomic mass is 9.90. The zero-order valence-electron chi connectivity index (χ0n) is 70.2. The number of carbonyl (C=O) groups excluding carboxylic acids is 6. The SMILES string of the molecule is NC(N)=NCCC[C@@H]1N[C@H](CNC(=O)c2ccc3ccccc3c2)CCN(CC(Oc2ccccc2)c2ccccc2)C1=O.NCC[C@@H]1N[C@H](CNC(=O)/C=C/c2ccc(Cl)cc2)CCN(CC(c2ccccc2)c2ccccc2)C1=O.O=C(NC[C@@H]1CCN(CC(c2ccccc2)c2ccccc2)C(=O)[C@H](CCN2CCCCC2)N1)c1ccc(Cl)c(Cl)c1. The lowest BCUT2D eigenvalue weighted by molar-refractivity contribution is -0.134. The molecule has 4 saturated heterocycles. The van der Waals surface area contributed by atoms with E-state index in [1.54, 1.807) is 36.4 Å². The molecular formula is C100H115Cl3N14O7. The van der Waals surface area contributed by atoms with Crippen molar-refractivity contribution < 1.29 is 33.5 Å². The maximum atomic E-state index is 14.1. The molecule has 4 aliphatic rings. The lowest BCUT2D eigenvalue weighted by Gasteiger charge is -2.31. The van der Waals surface area contributed by atoms with Crippen molar-refractivity contribution in [3.8, 4) is 5.75 Å². The average molecular weight is 1730 g/mol. The van der Waals surface area contributed by atoms with Crippen molar-refractivity contribution in [2.45, 2.75) is 118 Å². The molecule has 0 aromatic heterocycles. The Bertz CT molecular complexity index is 5000. The molecule has 6 amide bonds. The number of para-hydroxylation sites is 1. The number of aliphatic imine (C=N–C) groups is 1. The molecule has 14 rings (SSSR count). The van der Waals surface area contributed by atoms with Crippen LogP contribution in [0.4, 0.5) is 0 Å². The van der Waals surface area contributed by atoms with Crippen molar-refractivity contribution in [2.75, 3.05) is 91.6 Å². The van der Waals surface area contributed by atoms with Gasteiger partial charge in [0.15, 0.2) is 5.96 Å². The highest BCUT2D eigenvalue weighted by Gasteiger charge is 2.37. The molecule has 4 aliphatic heterocycles. The number of nitrogens with two attached hydrogens (primary N) is 3. The Morgan fingerprint density at radius 3 is 1.39 bits per heavy atom. The highest BCUT2D eigenvalue weighted by Crippen LogP contribution is 2.32. The first-order chi connectivity index (χ1) is 60.5. The number of ether oxygens (including phenoxy) is 1. The van der Waals surface area contributed by atoms with E-state index in [0.717, 1.165) is 66.5 Å². The second-order valence-electron chi connectivity index (χ2n) is 32.0. The summed E-state index contributed by atoms with van der Waals surface area (Å²) in [5, 5.41) is 23.2. The first kappa shape index (κ1) is 92.0. The smallest absolute Gasteiger partial charge is 0.251 e. The largest absolute Gasteiger partial charge is 0.484 e. The first-order valence-electron chi connectivity index (χ1n) is 43.3. The molecular weight excluding hydrogens is 1620 g/mol. The van der Waals surface area contributed by atoms with Crippen molar-refractivity contribution in [1.29, 1.82) is 0 Å². The number of nitrogens with one attached hydrogen (secondary N) is 6. The maximum Gasteiger partial charge on any atom is 0.251 e. The molecule has 0 bridgehead atoms. The number of benzene rings is 10. The molecule has 10 aromatic rings. The summed E-state index contributed by atoms with van der Waals surface area (Å²) in [7, 11) is 0. The van der Waals surface area contributed by atoms with Crippen LogP contribution in [0.15, 0.2) is 278 Å². The minimum absolute atomic E-state index is 0.00403. The van der Waals surface area contributed by atoms with Crippen molar-refractivity contribution >= 4 is 93.1 Å². The standard InChI is InChI=1S/C35H40N6O3.C34H40Cl2N4O2.C31H35ClN4O2/c36-35(37)38-20-9-16-31-34(43)41(24-32(26-11-3-1-4-12-26)44-30-14-5-2-6-15-30)21-19-29(40-31)23-39-33(42)28-18-17-25-10-7-8-13-27(25)22-28;35-30-15-14-27(22-31(30)36)33(41)37-23-28-16-21-40(34(42)32(38-28)17-20-39-18-8-3-9-19-39)24-29(25-10-4-1-5-11-25)26-12-6-2-7-13-26;32-26-14-11-23(12-15-26)13-16-30(37)34-21-27-18-20-36(31(38)29(35-27)17-19-33)22-28(24-7-3-1-4-8-24)25-9-5-2-6-10-25/h1-8,10-15,17-18,22,29,31-32,40H,9,16,19-21,23-24H2,(H,39,42)(H4,36,37,38);1-2,4-7,10-15,22,28-29,32,38H,3,8-9,16-21,23-24H2,(H,37,41);1-16,27-29,35H,17-22,33H2,(H,34,37)/b;;16-13+/t29-,31-,32?;28-,32-;27-,29-/m000/s1. The number of halogens is 3. The summed E-state index contributed by atoms with van der Waals surface area (Å²) in [6.45, 7) is 8.47. The van der Waals surface area contributed by atoms with E-state index in [9.17, 15) is 28.8 Å². The number of guanidine groups is 1. The van der Waals surface area contributed by atoms with Crippen LogP contribution in [0.3, 0.4) is 0 Å². The molecule has 7 atom stereocenters. The van der Waals surface area contributed by atoms with E-state index in [0.29, 0.717) is 124 Å². The zero-order chi connectivity index (χ0) is 86.8. The molecule has 10 aromatic carbocycles. The Morgan fingerprint density at radius 1 is 0.460 bits per heavy atom. The summed E-state index contributed by atoms with van der Waals surface area (Å²) in [4.78, 5) is 92.6. The van der Waals surface area contributed by atoms with Gasteiger partial charge in [-0.2, -0.15) is 0 Å². The molecule has 4 heterocycles. The highest BCUT2D eigenvalue weighted by molar-refractivity contribution is 6.42. The first-order valence-corrected chi connectivity index (χ1v) is 44.4. The molecule has 21 nitrogen and oxygen atoms in total. The fourth-order valence-electron chi connectivity index (χ4n) is 16.4. The second-order valence-corrected chi connectivity index (χ2v) is 33.3. The van der Waals surface area contributed by atoms with Crippen molar-refractivity contribution in [3.05, 3.63) is 333 Å². The number of carbonyl (C=O) groups is 6. The van der Waals surface area contributed by atoms with Gasteiger partial charge in [-0.05, 0) is 182 Å². The van der Waals surface area contributed by atoms with Gasteiger partial charge in [0.25, 0.3) is 11.8 Å². The normalized spacial score (nSPS) is 18.5. The highest BCUT2D eigenvalue weighted by atomic mass is 35.5. The third kappa shape index (κ3) is 28.1. The van der Waals surface area contributed by atoms with E-state index in [1.165, 1.54) is 47.6 Å². The summed E-state index contributed by atoms with van der Waals surface area (Å²) in [5.74, 6) is 0.573. The van der Waals surface area contributed by atoms with E-state index in [-0.39, 0.29) is 89.6 Å². The van der Waals surface area contributed by atoms with Crippen LogP contribution in [0.25, 0.3) is 16.8 Å². The predicted octanol–water partition coefficient (Wildman–Crippen LogP) is 14.2. The summed E-state index contributed by atoms with van der Waals surface area (Å²) < 4.78 is 6.42. The van der Waals surface area contributed by atoms with Gasteiger partial charge in [0, 0.05) is 118 Å². The summed E-state index contributed by atoms with van der Waals surface area (Å²) in [5.41, 5.74) is 24.6. The fraction of sp³-hybridized carbons (Fsp3) is 0.330. The van der Waals surface area contributed by atoms with Crippen molar-refractivity contribution in [3.63, 3.8) is 0 Å². The number of hydrogen-bond donors (Lipinski definition) is 9. The van der Waals surface area contributed by atoms with E-state index in [4.69, 9.17) is 56.7 Å². The Hall–Kier alpha value is -11.2. The Morgan fingerprint density at radius 2 is 0.895 bits per heavy atom. The van der Waals surface area contributed by atoms with Crippen LogP contribution in [0.2, 0.25) is 15.1 Å². The van der Waals surface area contributed by atoms with Gasteiger partial charge in [-0.25, -0.2) is 0 Å². The van der Waals surface area contributed by atoms with E-state index < -0.39 is 6.04 Å². The molecule has 4 fully saturated rings. The minimum Gasteiger partial charge on any atom is -0.484 e. The van der Waals surface area contributed by atoms with Crippen LogP contribution in [-0.2, 0) is 19.2 Å². The lowest BCUT2D eigenvalue weighted by Crippen LogP contribution is -2.50. The van der Waals surface area contributed by atoms with Gasteiger partial charge in [0.2, 0.25) is 23.6 Å². The van der Waals surface area contributed by atoms with Gasteiger partial charge < -0.3 is 73.4 Å². The van der Waals surface area contributed by atoms with Crippen LogP contribution in [0.5, 0.6) is 5.75 Å². The van der Waals surface area contributed by atoms with E-state index in [2.05, 4.69) is 115 Å². The van der Waals surface area contributed by atoms with E-state index in [1.807, 2.05) is 178 Å². The summed E-state index contributed by atoms with van der Waals surface area (Å²) >= 11 is 18.1. The predicted molar refractivity (Wildman–Crippen MR) is 498 cm³/mol. The maximum absolute atomic E-state index is 14.1. The number of likely N-dealkylation sites (tertiary alicyclic amines) is 1. The van der Waals surface area contributed by atoms with Crippen LogP contribution in [0, 0.1) is 0 Å². The number of piperidine rings is 1. The Kier molecular flexibility index (Phi) is 35.7. The van der Waals surface area contributed by atoms with Crippen LogP contribution >= 0.6 is 34.8 Å². The second kappa shape index (κ2) is 48.1. The van der Waals surface area contributed by atoms with Crippen LogP contribution in [0.1, 0.15) is 136 Å². The van der Waals surface area contributed by atoms with Gasteiger partial charge in [-0.3, -0.25) is 33.8 Å². The average Bonchev–Trinajstić information content (AvgIpc) is 1.03. The third-order valence-corrected chi connectivity index (χ3v) is 24.2. The molecule has 0 radical (unpaired) electrons. The molecule has 0 spiro atoms. The van der Waals surface area contributed by atoms with Crippen LogP contribution < -0.4 is 53.8 Å². The number of nitrogens with zero attached hydrogens (tertiary/aromatic N) is 5. The molecule has 0 aliphatic carbocycles. The zero-order valence-corrected chi connectivity index (χ0v) is 72.5. The molecule has 24 heteroatoms. The van der Waals surface area contributed by atoms with Gasteiger partial charge in [-0.1, -0.05) is 254 Å². The summed E-state index contributed by atoms with van der Waals surface area (Å²) in [6.07, 6.45) is 11.2. The van der Waals surface area contributed by atoms with Gasteiger partial charge in [0.1, 0.15) is 11.9 Å².